The van der Waals surface area contributed by atoms with Crippen molar-refractivity contribution in [2.45, 2.75) is 6.54 Å². The summed E-state index contributed by atoms with van der Waals surface area (Å²) in [6.07, 6.45) is 4.34. The molecular formula is C20H18N4O5. The van der Waals surface area contributed by atoms with Crippen molar-refractivity contribution in [1.82, 2.24) is 10.3 Å². The van der Waals surface area contributed by atoms with E-state index in [1.807, 2.05) is 0 Å². The monoisotopic (exact) mass is 394 g/mol. The fourth-order valence-corrected chi connectivity index (χ4v) is 2.28. The van der Waals surface area contributed by atoms with Gasteiger partial charge in [-0.25, -0.2) is 9.59 Å². The summed E-state index contributed by atoms with van der Waals surface area (Å²) in [4.78, 5) is 39.9. The predicted octanol–water partition coefficient (Wildman–Crippen LogP) is 1.79. The SMILES string of the molecule is COC(=O)c1ccc(C(=O)OC)c(N/C=C(/C#N)C(=O)NCc2cccnc2)c1. The highest BCUT2D eigenvalue weighted by molar-refractivity contribution is 6.00. The Morgan fingerprint density at radius 3 is 2.55 bits per heavy atom. The van der Waals surface area contributed by atoms with Gasteiger partial charge in [0.05, 0.1) is 31.0 Å². The topological polar surface area (TPSA) is 130 Å². The Hall–Kier alpha value is -4.19. The van der Waals surface area contributed by atoms with Gasteiger partial charge in [-0.05, 0) is 29.8 Å². The lowest BCUT2D eigenvalue weighted by atomic mass is 10.1. The van der Waals surface area contributed by atoms with Crippen LogP contribution < -0.4 is 10.6 Å². The summed E-state index contributed by atoms with van der Waals surface area (Å²) >= 11 is 0. The number of nitrogens with one attached hydrogen (secondary N) is 2. The Bertz CT molecular complexity index is 980. The van der Waals surface area contributed by atoms with Crippen LogP contribution in [0.25, 0.3) is 0 Å². The molecule has 1 heterocycles. The summed E-state index contributed by atoms with van der Waals surface area (Å²) in [6, 6.07) is 9.43. The second-order valence-corrected chi connectivity index (χ2v) is 5.60. The van der Waals surface area contributed by atoms with Gasteiger partial charge in [-0.2, -0.15) is 5.26 Å². The van der Waals surface area contributed by atoms with Crippen LogP contribution in [0.2, 0.25) is 0 Å². The van der Waals surface area contributed by atoms with Crippen LogP contribution in [0.1, 0.15) is 26.3 Å². The van der Waals surface area contributed by atoms with E-state index in [1.54, 1.807) is 30.6 Å². The Balaban J connectivity index is 2.21. The molecule has 0 aliphatic heterocycles. The first-order valence-corrected chi connectivity index (χ1v) is 8.34. The maximum Gasteiger partial charge on any atom is 0.339 e. The highest BCUT2D eigenvalue weighted by Gasteiger charge is 2.16. The van der Waals surface area contributed by atoms with E-state index in [9.17, 15) is 19.6 Å². The van der Waals surface area contributed by atoms with Crippen molar-refractivity contribution < 1.29 is 23.9 Å². The van der Waals surface area contributed by atoms with Gasteiger partial charge in [0, 0.05) is 25.1 Å². The summed E-state index contributed by atoms with van der Waals surface area (Å²) in [7, 11) is 2.44. The normalized spacial score (nSPS) is 10.4. The summed E-state index contributed by atoms with van der Waals surface area (Å²) in [5, 5.41) is 14.6. The van der Waals surface area contributed by atoms with Crippen LogP contribution in [-0.2, 0) is 20.8 Å². The Labute approximate surface area is 167 Å². The molecule has 0 aliphatic carbocycles. The van der Waals surface area contributed by atoms with Crippen molar-refractivity contribution in [3.05, 3.63) is 71.2 Å². The second kappa shape index (κ2) is 10.2. The second-order valence-electron chi connectivity index (χ2n) is 5.60. The number of amides is 1. The molecule has 1 aromatic carbocycles. The Morgan fingerprint density at radius 2 is 1.93 bits per heavy atom. The lowest BCUT2D eigenvalue weighted by molar-refractivity contribution is -0.117. The standard InChI is InChI=1S/C20H18N4O5/c1-28-19(26)14-5-6-16(20(27)29-2)17(8-14)23-12-15(9-21)18(25)24-11-13-4-3-7-22-10-13/h3-8,10,12,23H,11H2,1-2H3,(H,24,25)/b15-12-. The number of methoxy groups -OCH3 is 2. The number of carbonyl (C=O) groups excluding carboxylic acids is 3. The highest BCUT2D eigenvalue weighted by atomic mass is 16.5. The summed E-state index contributed by atoms with van der Waals surface area (Å²) in [5.74, 6) is -1.88. The zero-order chi connectivity index (χ0) is 21.2. The molecule has 9 heteroatoms. The van der Waals surface area contributed by atoms with Crippen LogP contribution in [0.3, 0.4) is 0 Å². The van der Waals surface area contributed by atoms with Gasteiger partial charge in [0.2, 0.25) is 0 Å². The average Bonchev–Trinajstić information content (AvgIpc) is 2.77. The van der Waals surface area contributed by atoms with Gasteiger partial charge in [-0.3, -0.25) is 9.78 Å². The van der Waals surface area contributed by atoms with Crippen LogP contribution >= 0.6 is 0 Å². The van der Waals surface area contributed by atoms with Crippen molar-refractivity contribution in [3.63, 3.8) is 0 Å². The molecule has 1 aromatic heterocycles. The summed E-state index contributed by atoms with van der Waals surface area (Å²) in [6.45, 7) is 0.191. The number of carbonyl (C=O) groups is 3. The molecule has 2 rings (SSSR count). The van der Waals surface area contributed by atoms with Gasteiger partial charge >= 0.3 is 11.9 Å². The number of nitriles is 1. The fourth-order valence-electron chi connectivity index (χ4n) is 2.28. The van der Waals surface area contributed by atoms with Gasteiger partial charge in [0.25, 0.3) is 5.91 Å². The van der Waals surface area contributed by atoms with Crippen LogP contribution in [0.15, 0.2) is 54.5 Å². The minimum atomic E-state index is -0.656. The van der Waals surface area contributed by atoms with Gasteiger partial charge in [-0.1, -0.05) is 6.07 Å². The van der Waals surface area contributed by atoms with Crippen LogP contribution in [-0.4, -0.2) is 37.0 Å². The number of esters is 2. The van der Waals surface area contributed by atoms with E-state index in [2.05, 4.69) is 20.4 Å². The number of ether oxygens (including phenoxy) is 2. The third kappa shape index (κ3) is 5.64. The smallest absolute Gasteiger partial charge is 0.339 e. The van der Waals surface area contributed by atoms with Crippen molar-refractivity contribution in [2.75, 3.05) is 19.5 Å². The molecular weight excluding hydrogens is 376 g/mol. The number of nitrogens with zero attached hydrogens (tertiary/aromatic N) is 2. The first kappa shape index (κ1) is 21.1. The molecule has 0 aliphatic rings. The van der Waals surface area contributed by atoms with E-state index in [4.69, 9.17) is 4.74 Å². The summed E-state index contributed by atoms with van der Waals surface area (Å²) < 4.78 is 9.36. The Morgan fingerprint density at radius 1 is 1.17 bits per heavy atom. The molecule has 0 spiro atoms. The average molecular weight is 394 g/mol. The zero-order valence-corrected chi connectivity index (χ0v) is 15.8. The molecule has 29 heavy (non-hydrogen) atoms. The van der Waals surface area contributed by atoms with E-state index in [0.29, 0.717) is 0 Å². The number of benzene rings is 1. The molecule has 1 amide bonds. The molecule has 2 aromatic rings. The lowest BCUT2D eigenvalue weighted by Gasteiger charge is -2.10. The number of anilines is 1. The highest BCUT2D eigenvalue weighted by Crippen LogP contribution is 2.20. The number of aromatic nitrogens is 1. The van der Waals surface area contributed by atoms with Crippen molar-refractivity contribution in [2.24, 2.45) is 0 Å². The molecule has 0 saturated carbocycles. The van der Waals surface area contributed by atoms with Gasteiger partial charge in [0.1, 0.15) is 11.6 Å². The van der Waals surface area contributed by atoms with E-state index >= 15 is 0 Å². The number of hydrogen-bond acceptors (Lipinski definition) is 8. The first-order chi connectivity index (χ1) is 14.0. The number of rotatable bonds is 7. The molecule has 0 atom stereocenters. The van der Waals surface area contributed by atoms with Crippen LogP contribution in [0.4, 0.5) is 5.69 Å². The quantitative estimate of drug-likeness (QED) is 0.413. The predicted molar refractivity (Wildman–Crippen MR) is 103 cm³/mol. The van der Waals surface area contributed by atoms with Gasteiger partial charge < -0.3 is 20.1 Å². The molecule has 148 valence electrons. The maximum absolute atomic E-state index is 12.2. The number of hydrogen-bond donors (Lipinski definition) is 2. The third-order valence-electron chi connectivity index (χ3n) is 3.76. The van der Waals surface area contributed by atoms with Crippen LogP contribution in [0, 0.1) is 11.3 Å². The van der Waals surface area contributed by atoms with Gasteiger partial charge in [0.15, 0.2) is 0 Å². The summed E-state index contributed by atoms with van der Waals surface area (Å²) in [5.41, 5.74) is 1.01. The Kier molecular flexibility index (Phi) is 7.44. The number of pyridine rings is 1. The third-order valence-corrected chi connectivity index (χ3v) is 3.76. The lowest BCUT2D eigenvalue weighted by Crippen LogP contribution is -2.24. The molecule has 0 bridgehead atoms. The first-order valence-electron chi connectivity index (χ1n) is 8.34. The van der Waals surface area contributed by atoms with E-state index in [-0.39, 0.29) is 28.9 Å². The van der Waals surface area contributed by atoms with E-state index < -0.39 is 17.8 Å². The molecule has 0 fully saturated rings. The minimum Gasteiger partial charge on any atom is -0.465 e. The largest absolute Gasteiger partial charge is 0.465 e. The molecule has 0 saturated heterocycles. The van der Waals surface area contributed by atoms with Crippen LogP contribution in [0.5, 0.6) is 0 Å². The molecule has 2 N–H and O–H groups in total. The minimum absolute atomic E-state index is 0.115. The molecule has 0 unspecified atom stereocenters. The van der Waals surface area contributed by atoms with Gasteiger partial charge in [-0.15, -0.1) is 0 Å². The van der Waals surface area contributed by atoms with E-state index in [1.165, 1.54) is 32.4 Å². The van der Waals surface area contributed by atoms with Crippen molar-refractivity contribution in [1.29, 1.82) is 5.26 Å². The maximum atomic E-state index is 12.2. The molecule has 9 nitrogen and oxygen atoms in total. The van der Waals surface area contributed by atoms with Crippen molar-refractivity contribution in [3.8, 4) is 6.07 Å². The van der Waals surface area contributed by atoms with E-state index in [0.717, 1.165) is 11.8 Å². The molecule has 0 radical (unpaired) electrons. The van der Waals surface area contributed by atoms with Crippen molar-refractivity contribution >= 4 is 23.5 Å². The zero-order valence-electron chi connectivity index (χ0n) is 15.8. The fraction of sp³-hybridized carbons (Fsp3) is 0.150.